The first-order valence-corrected chi connectivity index (χ1v) is 6.03. The summed E-state index contributed by atoms with van der Waals surface area (Å²) in [6.07, 6.45) is 1.43. The molecular weight excluding hydrogens is 230 g/mol. The van der Waals surface area contributed by atoms with E-state index in [4.69, 9.17) is 15.2 Å². The Morgan fingerprint density at radius 2 is 2.11 bits per heavy atom. The molecule has 0 radical (unpaired) electrons. The molecule has 18 heavy (non-hydrogen) atoms. The number of ketones is 1. The minimum Gasteiger partial charge on any atom is -0.497 e. The minimum atomic E-state index is -0.466. The molecule has 0 saturated heterocycles. The summed E-state index contributed by atoms with van der Waals surface area (Å²) < 4.78 is 10.1. The lowest BCUT2D eigenvalue weighted by Crippen LogP contribution is -2.31. The van der Waals surface area contributed by atoms with Crippen LogP contribution in [0, 0.1) is 6.92 Å². The first-order chi connectivity index (χ1) is 8.60. The van der Waals surface area contributed by atoms with Gasteiger partial charge < -0.3 is 15.2 Å². The van der Waals surface area contributed by atoms with Crippen LogP contribution in [0.15, 0.2) is 18.2 Å². The molecule has 0 saturated carbocycles. The van der Waals surface area contributed by atoms with E-state index < -0.39 is 6.04 Å². The summed E-state index contributed by atoms with van der Waals surface area (Å²) in [4.78, 5) is 12.2. The first kappa shape index (κ1) is 14.7. The number of benzene rings is 1. The van der Waals surface area contributed by atoms with Gasteiger partial charge in [0.2, 0.25) is 0 Å². The number of carbonyl (C=O) groups is 1. The standard InChI is InChI=1S/C14H21NO3/c1-10-9-11(18-3)6-7-12(10)14(16)13(15)5-4-8-17-2/h6-7,9,13H,4-5,8,15H2,1-3H3. The number of methoxy groups -OCH3 is 2. The summed E-state index contributed by atoms with van der Waals surface area (Å²) in [5.74, 6) is 0.725. The molecule has 0 fully saturated rings. The molecule has 0 amide bonds. The Balaban J connectivity index is 2.71. The van der Waals surface area contributed by atoms with Crippen molar-refractivity contribution < 1.29 is 14.3 Å². The van der Waals surface area contributed by atoms with Crippen molar-refractivity contribution in [3.8, 4) is 5.75 Å². The van der Waals surface area contributed by atoms with E-state index >= 15 is 0 Å². The highest BCUT2D eigenvalue weighted by atomic mass is 16.5. The summed E-state index contributed by atoms with van der Waals surface area (Å²) in [5, 5.41) is 0. The molecule has 100 valence electrons. The molecule has 0 aliphatic heterocycles. The molecule has 1 aromatic carbocycles. The topological polar surface area (TPSA) is 61.5 Å². The van der Waals surface area contributed by atoms with Crippen molar-refractivity contribution in [1.82, 2.24) is 0 Å². The van der Waals surface area contributed by atoms with Gasteiger partial charge in [0.25, 0.3) is 0 Å². The molecule has 2 N–H and O–H groups in total. The van der Waals surface area contributed by atoms with Gasteiger partial charge in [0.1, 0.15) is 5.75 Å². The summed E-state index contributed by atoms with van der Waals surface area (Å²) in [6, 6.07) is 4.93. The van der Waals surface area contributed by atoms with Crippen molar-refractivity contribution in [3.63, 3.8) is 0 Å². The second-order valence-corrected chi connectivity index (χ2v) is 4.29. The quantitative estimate of drug-likeness (QED) is 0.594. The number of ether oxygens (including phenoxy) is 2. The number of hydrogen-bond acceptors (Lipinski definition) is 4. The van der Waals surface area contributed by atoms with Crippen LogP contribution in [0.5, 0.6) is 5.75 Å². The van der Waals surface area contributed by atoms with E-state index in [-0.39, 0.29) is 5.78 Å². The summed E-state index contributed by atoms with van der Waals surface area (Å²) in [6.45, 7) is 2.51. The SMILES string of the molecule is COCCCC(N)C(=O)c1ccc(OC)cc1C. The lowest BCUT2D eigenvalue weighted by molar-refractivity contribution is 0.0950. The number of nitrogens with two attached hydrogens (primary N) is 1. The highest BCUT2D eigenvalue weighted by Crippen LogP contribution is 2.18. The van der Waals surface area contributed by atoms with Gasteiger partial charge in [0.15, 0.2) is 5.78 Å². The predicted molar refractivity (Wildman–Crippen MR) is 71.1 cm³/mol. The lowest BCUT2D eigenvalue weighted by atomic mass is 9.97. The molecule has 1 aromatic rings. The first-order valence-electron chi connectivity index (χ1n) is 6.03. The molecule has 0 aromatic heterocycles. The number of rotatable bonds is 7. The zero-order chi connectivity index (χ0) is 13.5. The predicted octanol–water partition coefficient (Wildman–Crippen LogP) is 1.94. The van der Waals surface area contributed by atoms with E-state index in [0.717, 1.165) is 17.7 Å². The lowest BCUT2D eigenvalue weighted by Gasteiger charge is -2.13. The van der Waals surface area contributed by atoms with E-state index in [1.54, 1.807) is 26.4 Å². The molecule has 4 heteroatoms. The van der Waals surface area contributed by atoms with Crippen molar-refractivity contribution in [3.05, 3.63) is 29.3 Å². The fourth-order valence-corrected chi connectivity index (χ4v) is 1.82. The normalized spacial score (nSPS) is 12.2. The van der Waals surface area contributed by atoms with E-state index in [2.05, 4.69) is 0 Å². The zero-order valence-corrected chi connectivity index (χ0v) is 11.2. The smallest absolute Gasteiger partial charge is 0.179 e. The van der Waals surface area contributed by atoms with Gasteiger partial charge in [-0.05, 0) is 43.5 Å². The maximum absolute atomic E-state index is 12.2. The molecule has 0 spiro atoms. The number of aryl methyl sites for hydroxylation is 1. The molecule has 0 bridgehead atoms. The van der Waals surface area contributed by atoms with Gasteiger partial charge in [-0.1, -0.05) is 0 Å². The van der Waals surface area contributed by atoms with Gasteiger partial charge in [-0.25, -0.2) is 0 Å². The van der Waals surface area contributed by atoms with Gasteiger partial charge in [0.05, 0.1) is 13.2 Å². The van der Waals surface area contributed by atoms with Crippen LogP contribution in [0.3, 0.4) is 0 Å². The van der Waals surface area contributed by atoms with Crippen molar-refractivity contribution in [1.29, 1.82) is 0 Å². The van der Waals surface area contributed by atoms with Crippen molar-refractivity contribution in [2.24, 2.45) is 5.73 Å². The van der Waals surface area contributed by atoms with Crippen molar-refractivity contribution in [2.45, 2.75) is 25.8 Å². The van der Waals surface area contributed by atoms with Crippen molar-refractivity contribution in [2.75, 3.05) is 20.8 Å². The average molecular weight is 251 g/mol. The van der Waals surface area contributed by atoms with E-state index in [9.17, 15) is 4.79 Å². The fourth-order valence-electron chi connectivity index (χ4n) is 1.82. The zero-order valence-electron chi connectivity index (χ0n) is 11.2. The molecule has 1 unspecified atom stereocenters. The minimum absolute atomic E-state index is 0.0220. The van der Waals surface area contributed by atoms with Crippen LogP contribution in [0.4, 0.5) is 0 Å². The molecule has 0 aliphatic rings. The van der Waals surface area contributed by atoms with Crippen molar-refractivity contribution >= 4 is 5.78 Å². The summed E-state index contributed by atoms with van der Waals surface area (Å²) in [7, 11) is 3.24. The van der Waals surface area contributed by atoms with Gasteiger partial charge in [-0.15, -0.1) is 0 Å². The average Bonchev–Trinajstić information content (AvgIpc) is 2.38. The Bertz CT molecular complexity index is 404. The second-order valence-electron chi connectivity index (χ2n) is 4.29. The number of hydrogen-bond donors (Lipinski definition) is 1. The van der Waals surface area contributed by atoms with E-state index in [1.165, 1.54) is 0 Å². The Labute approximate surface area is 108 Å². The molecule has 0 heterocycles. The van der Waals surface area contributed by atoms with Crippen LogP contribution in [-0.4, -0.2) is 32.7 Å². The third-order valence-corrected chi connectivity index (χ3v) is 2.90. The highest BCUT2D eigenvalue weighted by molar-refractivity contribution is 6.01. The Kier molecular flexibility index (Phi) is 5.82. The Hall–Kier alpha value is -1.39. The molecule has 0 aliphatic carbocycles. The second kappa shape index (κ2) is 7.13. The molecule has 4 nitrogen and oxygen atoms in total. The van der Waals surface area contributed by atoms with Crippen LogP contribution in [0.1, 0.15) is 28.8 Å². The molecule has 1 rings (SSSR count). The van der Waals surface area contributed by atoms with Gasteiger partial charge >= 0.3 is 0 Å². The Morgan fingerprint density at radius 3 is 2.67 bits per heavy atom. The van der Waals surface area contributed by atoms with Gasteiger partial charge in [-0.3, -0.25) is 4.79 Å². The van der Waals surface area contributed by atoms with Crippen LogP contribution in [0.25, 0.3) is 0 Å². The maximum atomic E-state index is 12.2. The van der Waals surface area contributed by atoms with E-state index in [1.807, 2.05) is 13.0 Å². The number of Topliss-reactive ketones (excluding diaryl/α,β-unsaturated/α-hetero) is 1. The largest absolute Gasteiger partial charge is 0.497 e. The van der Waals surface area contributed by atoms with Crippen LogP contribution in [-0.2, 0) is 4.74 Å². The third-order valence-electron chi connectivity index (χ3n) is 2.90. The third kappa shape index (κ3) is 3.82. The van der Waals surface area contributed by atoms with Gasteiger partial charge in [-0.2, -0.15) is 0 Å². The van der Waals surface area contributed by atoms with Crippen LogP contribution < -0.4 is 10.5 Å². The van der Waals surface area contributed by atoms with Crippen LogP contribution >= 0.6 is 0 Å². The highest BCUT2D eigenvalue weighted by Gasteiger charge is 2.17. The van der Waals surface area contributed by atoms with Gasteiger partial charge in [0, 0.05) is 19.3 Å². The van der Waals surface area contributed by atoms with Crippen LogP contribution in [0.2, 0.25) is 0 Å². The maximum Gasteiger partial charge on any atom is 0.179 e. The Morgan fingerprint density at radius 1 is 1.39 bits per heavy atom. The number of carbonyl (C=O) groups excluding carboxylic acids is 1. The monoisotopic (exact) mass is 251 g/mol. The fraction of sp³-hybridized carbons (Fsp3) is 0.500. The summed E-state index contributed by atoms with van der Waals surface area (Å²) in [5.41, 5.74) is 7.45. The molecular formula is C14H21NO3. The summed E-state index contributed by atoms with van der Waals surface area (Å²) >= 11 is 0. The van der Waals surface area contributed by atoms with E-state index in [0.29, 0.717) is 18.6 Å². The molecule has 1 atom stereocenters.